The fraction of sp³-hybridized carbons (Fsp3) is 0.565. The first-order valence-electron chi connectivity index (χ1n) is 11.3. The molecule has 0 N–H and O–H groups in total. The van der Waals surface area contributed by atoms with Crippen molar-refractivity contribution < 1.29 is 23.0 Å². The molecule has 9 heteroatoms. The average molecular weight is 441 g/mol. The Morgan fingerprint density at radius 2 is 2.06 bits per heavy atom. The van der Waals surface area contributed by atoms with Gasteiger partial charge in [0.25, 0.3) is 5.91 Å². The van der Waals surface area contributed by atoms with Gasteiger partial charge in [0.2, 0.25) is 5.89 Å². The van der Waals surface area contributed by atoms with Crippen molar-refractivity contribution in [2.75, 3.05) is 26.3 Å². The Morgan fingerprint density at radius 1 is 1.19 bits per heavy atom. The minimum atomic E-state index is -0.120. The second-order valence-corrected chi connectivity index (χ2v) is 8.80. The van der Waals surface area contributed by atoms with E-state index in [1.807, 2.05) is 19.9 Å². The molecule has 5 rings (SSSR count). The standard InChI is InChI=1S/C23H28N4O5/c1-14-19(15(2)31-25-14)11-18-5-6-20(30-18)23(28)27-9-7-17(12-27)22-24-21(26-32-22)8-10-29-13-16-3-4-16/h5-6,16-17H,3-4,7-13H2,1-2H3. The highest BCUT2D eigenvalue weighted by atomic mass is 16.5. The molecule has 3 aromatic heterocycles. The summed E-state index contributed by atoms with van der Waals surface area (Å²) < 4.78 is 22.2. The normalized spacial score (nSPS) is 18.6. The maximum atomic E-state index is 12.9. The lowest BCUT2D eigenvalue weighted by Crippen LogP contribution is -2.28. The molecule has 0 radical (unpaired) electrons. The number of carbonyl (C=O) groups is 1. The number of carbonyl (C=O) groups excluding carboxylic acids is 1. The van der Waals surface area contributed by atoms with Crippen molar-refractivity contribution in [2.24, 2.45) is 5.92 Å². The van der Waals surface area contributed by atoms with Crippen LogP contribution in [0.25, 0.3) is 0 Å². The highest BCUT2D eigenvalue weighted by molar-refractivity contribution is 5.91. The molecule has 3 aromatic rings. The molecular weight excluding hydrogens is 412 g/mol. The van der Waals surface area contributed by atoms with Crippen LogP contribution in [0.15, 0.2) is 25.6 Å². The lowest BCUT2D eigenvalue weighted by Gasteiger charge is -2.13. The smallest absolute Gasteiger partial charge is 0.289 e. The number of likely N-dealkylation sites (tertiary alicyclic amines) is 1. The fourth-order valence-corrected chi connectivity index (χ4v) is 4.05. The van der Waals surface area contributed by atoms with Gasteiger partial charge in [0, 0.05) is 38.1 Å². The van der Waals surface area contributed by atoms with Crippen molar-refractivity contribution in [1.29, 1.82) is 0 Å². The number of furan rings is 1. The van der Waals surface area contributed by atoms with Crippen LogP contribution in [-0.2, 0) is 17.6 Å². The molecule has 0 aromatic carbocycles. The zero-order chi connectivity index (χ0) is 22.1. The van der Waals surface area contributed by atoms with Gasteiger partial charge in [-0.3, -0.25) is 4.79 Å². The van der Waals surface area contributed by atoms with E-state index >= 15 is 0 Å². The molecule has 2 fully saturated rings. The summed E-state index contributed by atoms with van der Waals surface area (Å²) >= 11 is 0. The largest absolute Gasteiger partial charge is 0.456 e. The van der Waals surface area contributed by atoms with E-state index in [0.717, 1.165) is 36.0 Å². The number of nitrogens with zero attached hydrogens (tertiary/aromatic N) is 4. The zero-order valence-electron chi connectivity index (χ0n) is 18.5. The van der Waals surface area contributed by atoms with Crippen molar-refractivity contribution in [1.82, 2.24) is 20.2 Å². The van der Waals surface area contributed by atoms with Crippen molar-refractivity contribution in [3.8, 4) is 0 Å². The Hall–Kier alpha value is -2.94. The number of amides is 1. The molecular formula is C23H28N4O5. The Labute approximate surface area is 186 Å². The van der Waals surface area contributed by atoms with Crippen molar-refractivity contribution in [3.05, 3.63) is 52.4 Å². The van der Waals surface area contributed by atoms with Crippen LogP contribution in [0.2, 0.25) is 0 Å². The van der Waals surface area contributed by atoms with Gasteiger partial charge >= 0.3 is 0 Å². The van der Waals surface area contributed by atoms with Gasteiger partial charge in [-0.25, -0.2) is 0 Å². The van der Waals surface area contributed by atoms with Gasteiger partial charge in [0.05, 0.1) is 18.2 Å². The summed E-state index contributed by atoms with van der Waals surface area (Å²) in [6, 6.07) is 3.57. The maximum Gasteiger partial charge on any atom is 0.289 e. The quantitative estimate of drug-likeness (QED) is 0.466. The summed E-state index contributed by atoms with van der Waals surface area (Å²) in [7, 11) is 0. The molecule has 1 aliphatic heterocycles. The van der Waals surface area contributed by atoms with E-state index in [0.29, 0.717) is 55.8 Å². The topological polar surface area (TPSA) is 108 Å². The molecule has 170 valence electrons. The monoisotopic (exact) mass is 440 g/mol. The average Bonchev–Trinajstić information content (AvgIpc) is 3.19. The van der Waals surface area contributed by atoms with Gasteiger partial charge in [-0.2, -0.15) is 4.98 Å². The summed E-state index contributed by atoms with van der Waals surface area (Å²) in [5.74, 6) is 3.75. The third kappa shape index (κ3) is 4.62. The van der Waals surface area contributed by atoms with Crippen LogP contribution < -0.4 is 0 Å². The lowest BCUT2D eigenvalue weighted by atomic mass is 10.1. The van der Waals surface area contributed by atoms with E-state index in [1.54, 1.807) is 11.0 Å². The van der Waals surface area contributed by atoms with Crippen LogP contribution >= 0.6 is 0 Å². The van der Waals surface area contributed by atoms with Gasteiger partial charge in [0.1, 0.15) is 11.5 Å². The predicted octanol–water partition coefficient (Wildman–Crippen LogP) is 3.46. The molecule has 1 unspecified atom stereocenters. The molecule has 1 saturated heterocycles. The molecule has 32 heavy (non-hydrogen) atoms. The van der Waals surface area contributed by atoms with Crippen molar-refractivity contribution in [2.45, 2.75) is 51.9 Å². The summed E-state index contributed by atoms with van der Waals surface area (Å²) in [5, 5.41) is 8.04. The maximum absolute atomic E-state index is 12.9. The molecule has 1 atom stereocenters. The first kappa shape index (κ1) is 20.9. The third-order valence-electron chi connectivity index (χ3n) is 6.23. The van der Waals surface area contributed by atoms with E-state index in [-0.39, 0.29) is 11.8 Å². The molecule has 9 nitrogen and oxygen atoms in total. The Kier molecular flexibility index (Phi) is 5.82. The third-order valence-corrected chi connectivity index (χ3v) is 6.23. The number of rotatable bonds is 9. The Morgan fingerprint density at radius 3 is 2.84 bits per heavy atom. The zero-order valence-corrected chi connectivity index (χ0v) is 18.5. The molecule has 2 aliphatic rings. The number of aromatic nitrogens is 3. The van der Waals surface area contributed by atoms with Crippen LogP contribution in [0.1, 0.15) is 70.2 Å². The molecule has 1 amide bonds. The van der Waals surface area contributed by atoms with E-state index in [9.17, 15) is 4.79 Å². The van der Waals surface area contributed by atoms with E-state index in [4.69, 9.17) is 18.2 Å². The summed E-state index contributed by atoms with van der Waals surface area (Å²) in [6.07, 6.45) is 4.55. The molecule has 0 bridgehead atoms. The molecule has 4 heterocycles. The molecule has 1 aliphatic carbocycles. The molecule has 0 spiro atoms. The van der Waals surface area contributed by atoms with Gasteiger partial charge in [-0.15, -0.1) is 0 Å². The minimum absolute atomic E-state index is 0.0457. The number of ether oxygens (including phenoxy) is 1. The Bertz CT molecular complexity index is 1060. The summed E-state index contributed by atoms with van der Waals surface area (Å²) in [5.41, 5.74) is 1.83. The van der Waals surface area contributed by atoms with Gasteiger partial charge in [-0.05, 0) is 51.2 Å². The van der Waals surface area contributed by atoms with Crippen molar-refractivity contribution in [3.63, 3.8) is 0 Å². The number of hydrogen-bond donors (Lipinski definition) is 0. The van der Waals surface area contributed by atoms with Gasteiger partial charge < -0.3 is 23.1 Å². The SMILES string of the molecule is Cc1noc(C)c1Cc1ccc(C(=O)N2CCC(c3nc(CCOCC4CC4)no3)C2)o1. The van der Waals surface area contributed by atoms with Crippen LogP contribution in [0.5, 0.6) is 0 Å². The highest BCUT2D eigenvalue weighted by Gasteiger charge is 2.32. The van der Waals surface area contributed by atoms with Gasteiger partial charge in [-0.1, -0.05) is 10.3 Å². The van der Waals surface area contributed by atoms with Crippen LogP contribution in [-0.4, -0.2) is 52.4 Å². The van der Waals surface area contributed by atoms with Crippen LogP contribution in [0.4, 0.5) is 0 Å². The molecule has 1 saturated carbocycles. The minimum Gasteiger partial charge on any atom is -0.456 e. The second-order valence-electron chi connectivity index (χ2n) is 8.80. The summed E-state index contributed by atoms with van der Waals surface area (Å²) in [6.45, 7) is 6.38. The van der Waals surface area contributed by atoms with Crippen LogP contribution in [0, 0.1) is 19.8 Å². The second kappa shape index (κ2) is 8.90. The predicted molar refractivity (Wildman–Crippen MR) is 112 cm³/mol. The van der Waals surface area contributed by atoms with Crippen molar-refractivity contribution >= 4 is 5.91 Å². The Balaban J connectivity index is 1.14. The fourth-order valence-electron chi connectivity index (χ4n) is 4.05. The lowest BCUT2D eigenvalue weighted by molar-refractivity contribution is 0.0756. The van der Waals surface area contributed by atoms with Crippen LogP contribution in [0.3, 0.4) is 0 Å². The van der Waals surface area contributed by atoms with E-state index in [2.05, 4.69) is 15.3 Å². The van der Waals surface area contributed by atoms with E-state index in [1.165, 1.54) is 12.8 Å². The number of hydrogen-bond acceptors (Lipinski definition) is 8. The van der Waals surface area contributed by atoms with Gasteiger partial charge in [0.15, 0.2) is 11.6 Å². The number of aryl methyl sites for hydroxylation is 2. The highest BCUT2D eigenvalue weighted by Crippen LogP contribution is 2.29. The summed E-state index contributed by atoms with van der Waals surface area (Å²) in [4.78, 5) is 19.2. The van der Waals surface area contributed by atoms with E-state index < -0.39 is 0 Å². The first-order valence-corrected chi connectivity index (χ1v) is 11.3. The first-order chi connectivity index (χ1) is 15.6.